The summed E-state index contributed by atoms with van der Waals surface area (Å²) in [5.74, 6) is 1.36. The van der Waals surface area contributed by atoms with Gasteiger partial charge in [-0.2, -0.15) is 15.3 Å². The Morgan fingerprint density at radius 1 is 0.625 bits per heavy atom. The summed E-state index contributed by atoms with van der Waals surface area (Å²) < 4.78 is 12.4. The van der Waals surface area contributed by atoms with Gasteiger partial charge in [-0.05, 0) is 41.5 Å². The lowest BCUT2D eigenvalue weighted by Crippen LogP contribution is -2.45. The van der Waals surface area contributed by atoms with Gasteiger partial charge in [0.2, 0.25) is 0 Å². The molecule has 3 aromatic heterocycles. The molecule has 24 heavy (non-hydrogen) atoms. The number of H-pyrrole nitrogens is 3. The van der Waals surface area contributed by atoms with Gasteiger partial charge >= 0.3 is 7.12 Å². The van der Waals surface area contributed by atoms with E-state index in [1.54, 1.807) is 0 Å². The fraction of sp³-hybridized carbons (Fsp3) is 0.400. The van der Waals surface area contributed by atoms with Crippen LogP contribution in [0.4, 0.5) is 0 Å². The first-order valence-electron chi connectivity index (χ1n) is 7.76. The highest BCUT2D eigenvalue weighted by molar-refractivity contribution is 6.63. The minimum absolute atomic E-state index is 0.659. The van der Waals surface area contributed by atoms with E-state index in [-0.39, 0.29) is 0 Å². The summed E-state index contributed by atoms with van der Waals surface area (Å²) in [7, 11) is -0.659. The number of rotatable bonds is 5. The molecule has 0 spiro atoms. The number of hydrogen-bond donors (Lipinski definition) is 3. The van der Waals surface area contributed by atoms with Gasteiger partial charge in [0.1, 0.15) is 11.5 Å². The minimum atomic E-state index is -0.659. The molecule has 0 saturated heterocycles. The van der Waals surface area contributed by atoms with Gasteiger partial charge in [0.15, 0.2) is 0 Å². The van der Waals surface area contributed by atoms with E-state index in [4.69, 9.17) is 9.31 Å². The molecule has 9 heteroatoms. The Morgan fingerprint density at radius 2 is 1.04 bits per heavy atom. The summed E-state index contributed by atoms with van der Waals surface area (Å²) in [5, 5.41) is 21.4. The number of aryl methyl sites for hydroxylation is 6. The van der Waals surface area contributed by atoms with Crippen LogP contribution in [-0.2, 0) is 0 Å². The van der Waals surface area contributed by atoms with Gasteiger partial charge in [0.25, 0.3) is 0 Å². The maximum absolute atomic E-state index is 6.19. The van der Waals surface area contributed by atoms with E-state index in [0.29, 0.717) is 11.5 Å². The second-order valence-corrected chi connectivity index (χ2v) is 5.94. The molecule has 3 aromatic rings. The Balaban J connectivity index is 2.01. The number of aromatic nitrogens is 6. The third-order valence-corrected chi connectivity index (χ3v) is 3.99. The molecule has 0 saturated carbocycles. The van der Waals surface area contributed by atoms with Gasteiger partial charge in [0, 0.05) is 5.69 Å². The highest BCUT2D eigenvalue weighted by Crippen LogP contribution is 2.24. The molecule has 8 nitrogen and oxygen atoms in total. The normalized spacial score (nSPS) is 10.9. The van der Waals surface area contributed by atoms with Crippen molar-refractivity contribution in [3.05, 3.63) is 34.2 Å². The summed E-state index contributed by atoms with van der Waals surface area (Å²) in [4.78, 5) is 0. The summed E-state index contributed by atoms with van der Waals surface area (Å²) in [6.45, 7) is 11.5. The van der Waals surface area contributed by atoms with Crippen LogP contribution in [0.2, 0.25) is 0 Å². The van der Waals surface area contributed by atoms with Gasteiger partial charge in [0.05, 0.1) is 33.9 Å². The van der Waals surface area contributed by atoms with Crippen LogP contribution >= 0.6 is 0 Å². The first-order chi connectivity index (χ1) is 11.4. The SMILES string of the molecule is Cc1n[nH]c(C)c1OB(Oc1c(C)n[nH]c1C)c1c(C)n[nH]c1C. The Morgan fingerprint density at radius 3 is 1.38 bits per heavy atom. The zero-order chi connectivity index (χ0) is 17.4. The van der Waals surface area contributed by atoms with Crippen LogP contribution in [0.25, 0.3) is 0 Å². The second-order valence-electron chi connectivity index (χ2n) is 5.94. The standard InChI is InChI=1S/C15H21BN6O2/c1-7-13(8(2)18-17-7)16(23-14-9(3)19-20-10(14)4)24-15-11(5)21-22-12(15)6/h1-6H3,(H,17,18)(H,19,20)(H,21,22). The van der Waals surface area contributed by atoms with Crippen LogP contribution in [0.1, 0.15) is 34.2 Å². The minimum Gasteiger partial charge on any atom is -0.519 e. The van der Waals surface area contributed by atoms with Crippen LogP contribution in [0.15, 0.2) is 0 Å². The third-order valence-electron chi connectivity index (χ3n) is 3.99. The molecular weight excluding hydrogens is 307 g/mol. The summed E-state index contributed by atoms with van der Waals surface area (Å²) in [6, 6.07) is 0. The lowest BCUT2D eigenvalue weighted by atomic mass is 9.76. The lowest BCUT2D eigenvalue weighted by molar-refractivity contribution is 0.432. The predicted molar refractivity (Wildman–Crippen MR) is 90.8 cm³/mol. The molecule has 3 N–H and O–H groups in total. The second kappa shape index (κ2) is 6.07. The number of nitrogens with zero attached hydrogens (tertiary/aromatic N) is 3. The molecule has 0 amide bonds. The highest BCUT2D eigenvalue weighted by Gasteiger charge is 2.35. The monoisotopic (exact) mass is 328 g/mol. The van der Waals surface area contributed by atoms with Crippen molar-refractivity contribution in [1.82, 2.24) is 30.6 Å². The molecule has 0 bridgehead atoms. The van der Waals surface area contributed by atoms with Crippen molar-refractivity contribution in [1.29, 1.82) is 0 Å². The van der Waals surface area contributed by atoms with Crippen molar-refractivity contribution in [2.75, 3.05) is 0 Å². The molecule has 0 radical (unpaired) electrons. The molecule has 0 aromatic carbocycles. The van der Waals surface area contributed by atoms with Crippen LogP contribution in [-0.4, -0.2) is 37.7 Å². The van der Waals surface area contributed by atoms with E-state index in [1.165, 1.54) is 0 Å². The van der Waals surface area contributed by atoms with E-state index >= 15 is 0 Å². The van der Waals surface area contributed by atoms with E-state index in [2.05, 4.69) is 30.6 Å². The van der Waals surface area contributed by atoms with Crippen molar-refractivity contribution in [3.63, 3.8) is 0 Å². The van der Waals surface area contributed by atoms with Gasteiger partial charge in [-0.1, -0.05) is 0 Å². The summed E-state index contributed by atoms with van der Waals surface area (Å²) in [6.07, 6.45) is 0. The van der Waals surface area contributed by atoms with Crippen molar-refractivity contribution in [2.24, 2.45) is 0 Å². The van der Waals surface area contributed by atoms with Crippen molar-refractivity contribution in [2.45, 2.75) is 41.5 Å². The van der Waals surface area contributed by atoms with Crippen molar-refractivity contribution >= 4 is 12.6 Å². The number of aromatic amines is 3. The fourth-order valence-electron chi connectivity index (χ4n) is 2.69. The molecule has 3 rings (SSSR count). The predicted octanol–water partition coefficient (Wildman–Crippen LogP) is 1.56. The zero-order valence-electron chi connectivity index (χ0n) is 14.7. The molecule has 0 aliphatic rings. The average Bonchev–Trinajstić information content (AvgIpc) is 3.14. The van der Waals surface area contributed by atoms with E-state index < -0.39 is 7.12 Å². The highest BCUT2D eigenvalue weighted by atomic mass is 16.6. The maximum atomic E-state index is 6.19. The summed E-state index contributed by atoms with van der Waals surface area (Å²) in [5.41, 5.74) is 5.85. The Bertz CT molecular complexity index is 759. The van der Waals surface area contributed by atoms with Crippen LogP contribution < -0.4 is 14.8 Å². The summed E-state index contributed by atoms with van der Waals surface area (Å²) >= 11 is 0. The van der Waals surface area contributed by atoms with Crippen molar-refractivity contribution in [3.8, 4) is 11.5 Å². The fourth-order valence-corrected chi connectivity index (χ4v) is 2.69. The number of nitrogens with one attached hydrogen (secondary N) is 3. The Labute approximate surface area is 140 Å². The molecule has 0 aliphatic carbocycles. The average molecular weight is 328 g/mol. The molecule has 0 atom stereocenters. The quantitative estimate of drug-likeness (QED) is 0.617. The van der Waals surface area contributed by atoms with Gasteiger partial charge in [-0.15, -0.1) is 0 Å². The van der Waals surface area contributed by atoms with Gasteiger partial charge < -0.3 is 9.31 Å². The topological polar surface area (TPSA) is 104 Å². The molecule has 3 heterocycles. The van der Waals surface area contributed by atoms with Crippen LogP contribution in [0.3, 0.4) is 0 Å². The molecule has 0 fully saturated rings. The maximum Gasteiger partial charge on any atom is 0.636 e. The van der Waals surface area contributed by atoms with Crippen LogP contribution in [0.5, 0.6) is 11.5 Å². The molecule has 126 valence electrons. The largest absolute Gasteiger partial charge is 0.636 e. The van der Waals surface area contributed by atoms with E-state index in [1.807, 2.05) is 41.5 Å². The first kappa shape index (κ1) is 16.2. The van der Waals surface area contributed by atoms with Crippen LogP contribution in [0, 0.1) is 41.5 Å². The Kier molecular flexibility index (Phi) is 4.08. The molecule has 0 unspecified atom stereocenters. The Hall–Kier alpha value is -2.71. The zero-order valence-corrected chi connectivity index (χ0v) is 14.7. The van der Waals surface area contributed by atoms with Gasteiger partial charge in [-0.3, -0.25) is 15.3 Å². The number of hydrogen-bond acceptors (Lipinski definition) is 5. The lowest BCUT2D eigenvalue weighted by Gasteiger charge is -2.17. The van der Waals surface area contributed by atoms with Crippen molar-refractivity contribution < 1.29 is 9.31 Å². The van der Waals surface area contributed by atoms with E-state index in [9.17, 15) is 0 Å². The van der Waals surface area contributed by atoms with E-state index in [0.717, 1.165) is 39.6 Å². The molecular formula is C15H21BN6O2. The third kappa shape index (κ3) is 2.77. The smallest absolute Gasteiger partial charge is 0.519 e. The first-order valence-corrected chi connectivity index (χ1v) is 7.76. The van der Waals surface area contributed by atoms with Gasteiger partial charge in [-0.25, -0.2) is 0 Å². The molecule has 0 aliphatic heterocycles.